The molecule has 0 rings (SSSR count). The quantitative estimate of drug-likeness (QED) is 0.301. The summed E-state index contributed by atoms with van der Waals surface area (Å²) < 4.78 is 0.222. The average molecular weight is 369 g/mol. The number of hydrogen-bond donors (Lipinski definition) is 0. The molecule has 0 amide bonds. The van der Waals surface area contributed by atoms with E-state index in [2.05, 4.69) is 22.5 Å². The van der Waals surface area contributed by atoms with Crippen molar-refractivity contribution in [3.8, 4) is 0 Å². The van der Waals surface area contributed by atoms with E-state index in [9.17, 15) is 5.11 Å². The van der Waals surface area contributed by atoms with Crippen LogP contribution in [0, 0.1) is 0 Å². The van der Waals surface area contributed by atoms with Crippen molar-refractivity contribution in [2.24, 2.45) is 0 Å². The minimum Gasteiger partial charge on any atom is 1.00 e. The maximum absolute atomic E-state index is 10.7. The number of hydrogen-bond acceptors (Lipinski definition) is 1. The van der Waals surface area contributed by atoms with E-state index in [1.165, 1.54) is 89.9 Å². The molecule has 0 radical (unpaired) electrons. The van der Waals surface area contributed by atoms with Crippen molar-refractivity contribution in [3.05, 3.63) is 0 Å². The molecule has 3 heteroatoms. The Kier molecular flexibility index (Phi) is 24.7. The zero-order valence-electron chi connectivity index (χ0n) is 14.6. The Morgan fingerprint density at radius 2 is 0.905 bits per heavy atom. The SMILES string of the molecule is CCCCCCCCCCCCCCCCCC([O-])=[Se].[Na+]. The molecule has 120 valence electrons. The maximum Gasteiger partial charge on any atom is 1.00 e. The summed E-state index contributed by atoms with van der Waals surface area (Å²) in [5, 5.41) is 10.7. The zero-order valence-corrected chi connectivity index (χ0v) is 18.3. The summed E-state index contributed by atoms with van der Waals surface area (Å²) in [4.78, 5) is 0. The fourth-order valence-corrected chi connectivity index (χ4v) is 2.94. The van der Waals surface area contributed by atoms with Crippen LogP contribution in [0.15, 0.2) is 0 Å². The maximum atomic E-state index is 10.7. The van der Waals surface area contributed by atoms with Gasteiger partial charge in [-0.15, -0.1) is 0 Å². The molecule has 0 aliphatic heterocycles. The van der Waals surface area contributed by atoms with E-state index in [0.29, 0.717) is 0 Å². The predicted molar refractivity (Wildman–Crippen MR) is 90.3 cm³/mol. The Hall–Kier alpha value is 1.19. The van der Waals surface area contributed by atoms with Crippen molar-refractivity contribution in [2.75, 3.05) is 0 Å². The Bertz CT molecular complexity index is 209. The number of rotatable bonds is 16. The van der Waals surface area contributed by atoms with Crippen LogP contribution in [0.2, 0.25) is 0 Å². The van der Waals surface area contributed by atoms with Crippen LogP contribution in [-0.2, 0) is 0 Å². The summed E-state index contributed by atoms with van der Waals surface area (Å²) in [6, 6.07) is 0. The summed E-state index contributed by atoms with van der Waals surface area (Å²) in [5.41, 5.74) is 0. The summed E-state index contributed by atoms with van der Waals surface area (Å²) in [6.45, 7) is 2.28. The smallest absolute Gasteiger partial charge is 1.00 e. The summed E-state index contributed by atoms with van der Waals surface area (Å²) in [7, 11) is 0. The van der Waals surface area contributed by atoms with E-state index in [1.54, 1.807) is 0 Å². The van der Waals surface area contributed by atoms with E-state index >= 15 is 0 Å². The van der Waals surface area contributed by atoms with Gasteiger partial charge in [-0.05, 0) is 0 Å². The molecular weight excluding hydrogens is 334 g/mol. The van der Waals surface area contributed by atoms with Gasteiger partial charge >= 0.3 is 125 Å². The van der Waals surface area contributed by atoms with E-state index in [-0.39, 0.29) is 34.2 Å². The molecule has 0 spiro atoms. The van der Waals surface area contributed by atoms with Gasteiger partial charge in [0, 0.05) is 0 Å². The largest absolute Gasteiger partial charge is 1.00 e. The third kappa shape index (κ3) is 23.6. The molecule has 0 aliphatic carbocycles. The second-order valence-corrected chi connectivity index (χ2v) is 7.03. The van der Waals surface area contributed by atoms with Gasteiger partial charge in [0.1, 0.15) is 0 Å². The molecule has 0 bridgehead atoms. The van der Waals surface area contributed by atoms with Crippen LogP contribution in [0.3, 0.4) is 0 Å². The third-order valence-corrected chi connectivity index (χ3v) is 4.41. The Labute approximate surface area is 163 Å². The molecule has 0 atom stereocenters. The molecule has 0 aromatic carbocycles. The molecule has 0 heterocycles. The zero-order chi connectivity index (χ0) is 14.9. The molecule has 21 heavy (non-hydrogen) atoms. The van der Waals surface area contributed by atoms with Gasteiger partial charge in [0.05, 0.1) is 0 Å². The second-order valence-electron chi connectivity index (χ2n) is 6.07. The topological polar surface area (TPSA) is 23.1 Å². The van der Waals surface area contributed by atoms with Gasteiger partial charge in [-0.1, -0.05) is 39.0 Å². The summed E-state index contributed by atoms with van der Waals surface area (Å²) in [6.07, 6.45) is 21.4. The molecule has 0 N–H and O–H groups in total. The van der Waals surface area contributed by atoms with Crippen molar-refractivity contribution >= 4 is 20.2 Å². The van der Waals surface area contributed by atoms with Gasteiger partial charge in [0.2, 0.25) is 0 Å². The Balaban J connectivity index is 0. The van der Waals surface area contributed by atoms with Gasteiger partial charge in [0.25, 0.3) is 0 Å². The van der Waals surface area contributed by atoms with Crippen molar-refractivity contribution in [2.45, 2.75) is 110 Å². The third-order valence-electron chi connectivity index (χ3n) is 3.98. The normalized spacial score (nSPS) is 10.3. The monoisotopic (exact) mass is 370 g/mol. The average Bonchev–Trinajstić information content (AvgIpc) is 2.43. The standard InChI is InChI=1S/C18H36OSe.Na/c1-2-3-4-5-6-7-8-9-10-11-12-13-14-15-16-17-18(19)20;/h2-17H2,1H3,(H,19,20);/q;+1/p-1. The van der Waals surface area contributed by atoms with E-state index in [4.69, 9.17) is 0 Å². The van der Waals surface area contributed by atoms with Crippen LogP contribution in [0.1, 0.15) is 110 Å². The van der Waals surface area contributed by atoms with Crippen LogP contribution in [0.4, 0.5) is 0 Å². The van der Waals surface area contributed by atoms with Crippen LogP contribution in [0.5, 0.6) is 0 Å². The molecular formula is C18H35NaOSe. The Morgan fingerprint density at radius 1 is 0.619 bits per heavy atom. The molecule has 0 fully saturated rings. The van der Waals surface area contributed by atoms with E-state index in [0.717, 1.165) is 12.8 Å². The van der Waals surface area contributed by atoms with Gasteiger partial charge < -0.3 is 0 Å². The van der Waals surface area contributed by atoms with Gasteiger partial charge in [-0.25, -0.2) is 0 Å². The van der Waals surface area contributed by atoms with Crippen LogP contribution >= 0.6 is 0 Å². The van der Waals surface area contributed by atoms with Crippen molar-refractivity contribution in [3.63, 3.8) is 0 Å². The van der Waals surface area contributed by atoms with Crippen LogP contribution in [-0.4, -0.2) is 20.2 Å². The first-order valence-corrected chi connectivity index (χ1v) is 9.83. The fraction of sp³-hybridized carbons (Fsp3) is 0.944. The molecule has 0 aliphatic rings. The number of unbranched alkanes of at least 4 members (excludes halogenated alkanes) is 14. The van der Waals surface area contributed by atoms with Crippen LogP contribution in [0.25, 0.3) is 0 Å². The fourth-order valence-electron chi connectivity index (χ4n) is 2.64. The van der Waals surface area contributed by atoms with Gasteiger partial charge in [0.15, 0.2) is 0 Å². The molecule has 0 saturated carbocycles. The van der Waals surface area contributed by atoms with Crippen molar-refractivity contribution < 1.29 is 34.7 Å². The first kappa shape index (κ1) is 24.4. The van der Waals surface area contributed by atoms with Gasteiger partial charge in [-0.2, -0.15) is 0 Å². The first-order chi connectivity index (χ1) is 9.77. The molecule has 0 unspecified atom stereocenters. The molecule has 0 aromatic heterocycles. The molecule has 0 aromatic rings. The van der Waals surface area contributed by atoms with E-state index < -0.39 is 0 Å². The van der Waals surface area contributed by atoms with Crippen LogP contribution < -0.4 is 34.7 Å². The van der Waals surface area contributed by atoms with Crippen molar-refractivity contribution in [1.29, 1.82) is 0 Å². The molecule has 0 saturated heterocycles. The summed E-state index contributed by atoms with van der Waals surface area (Å²) in [5.74, 6) is 0. The predicted octanol–water partition coefficient (Wildman–Crippen LogP) is 1.91. The second kappa shape index (κ2) is 21.2. The minimum atomic E-state index is 0. The molecule has 1 nitrogen and oxygen atoms in total. The first-order valence-electron chi connectivity index (χ1n) is 8.97. The Morgan fingerprint density at radius 3 is 1.19 bits per heavy atom. The minimum absolute atomic E-state index is 0. The van der Waals surface area contributed by atoms with E-state index in [1.807, 2.05) is 0 Å². The van der Waals surface area contributed by atoms with Crippen molar-refractivity contribution in [1.82, 2.24) is 0 Å². The van der Waals surface area contributed by atoms with Gasteiger partial charge in [-0.3, -0.25) is 0 Å². The summed E-state index contributed by atoms with van der Waals surface area (Å²) >= 11 is 2.55.